The van der Waals surface area contributed by atoms with Crippen LogP contribution in [0.3, 0.4) is 0 Å². The molecule has 2 amide bonds. The fourth-order valence-corrected chi connectivity index (χ4v) is 13.7. The molecular formula is C70H82ClN17O10. The second-order valence-electron chi connectivity index (χ2n) is 24.8. The van der Waals surface area contributed by atoms with E-state index in [1.54, 1.807) is 40.1 Å². The predicted molar refractivity (Wildman–Crippen MR) is 371 cm³/mol. The molecule has 10 heterocycles. The number of nitrogens with zero attached hydrogens (tertiary/aromatic N) is 15. The summed E-state index contributed by atoms with van der Waals surface area (Å²) in [5.41, 5.74) is 19.5. The van der Waals surface area contributed by atoms with E-state index < -0.39 is 0 Å². The molecule has 4 atom stereocenters. The zero-order valence-corrected chi connectivity index (χ0v) is 55.1. The number of phenolic OH excluding ortho intramolecular Hbond substituents is 2. The highest BCUT2D eigenvalue weighted by Crippen LogP contribution is 2.41. The number of phenols is 2. The van der Waals surface area contributed by atoms with Crippen molar-refractivity contribution in [3.63, 3.8) is 0 Å². The van der Waals surface area contributed by atoms with Crippen LogP contribution in [-0.2, 0) is 22.7 Å². The van der Waals surface area contributed by atoms with Gasteiger partial charge in [-0.05, 0) is 79.3 Å². The van der Waals surface area contributed by atoms with Crippen molar-refractivity contribution in [3.8, 4) is 34.5 Å². The van der Waals surface area contributed by atoms with Crippen LogP contribution in [-0.4, -0.2) is 212 Å². The topological polar surface area (TPSA) is 311 Å². The van der Waals surface area contributed by atoms with Crippen molar-refractivity contribution in [1.82, 2.24) is 50.0 Å². The summed E-state index contributed by atoms with van der Waals surface area (Å²) < 4.78 is 23.2. The Balaban J connectivity index is 0.000000164. The molecule has 6 aliphatic heterocycles. The molecule has 0 radical (unpaired) electrons. The van der Waals surface area contributed by atoms with Gasteiger partial charge >= 0.3 is 12.2 Å². The maximum atomic E-state index is 12.5. The zero-order valence-electron chi connectivity index (χ0n) is 54.4. The molecule has 0 aliphatic carbocycles. The maximum absolute atomic E-state index is 12.5. The van der Waals surface area contributed by atoms with Crippen LogP contribution in [0, 0.1) is 0 Å². The van der Waals surface area contributed by atoms with Gasteiger partial charge in [-0.3, -0.25) is 20.2 Å². The fraction of sp³-hybridized carbons (Fsp3) is 0.371. The van der Waals surface area contributed by atoms with E-state index in [1.165, 1.54) is 12.1 Å². The van der Waals surface area contributed by atoms with Gasteiger partial charge in [0.15, 0.2) is 16.8 Å². The number of hydrogen-bond acceptors (Lipinski definition) is 25. The Hall–Kier alpha value is -10.2. The van der Waals surface area contributed by atoms with Crippen LogP contribution in [0.2, 0.25) is 5.15 Å². The Morgan fingerprint density at radius 2 is 0.939 bits per heavy atom. The molecule has 6 aliphatic rings. The smallest absolute Gasteiger partial charge is 0.410 e. The Bertz CT molecular complexity index is 3910. The molecule has 0 saturated carbocycles. The lowest BCUT2D eigenvalue weighted by atomic mass is 10.1. The van der Waals surface area contributed by atoms with Crippen LogP contribution in [0.15, 0.2) is 158 Å². The van der Waals surface area contributed by atoms with Crippen molar-refractivity contribution >= 4 is 63.9 Å². The lowest BCUT2D eigenvalue weighted by Crippen LogP contribution is -2.54. The maximum Gasteiger partial charge on any atom is 0.410 e. The summed E-state index contributed by atoms with van der Waals surface area (Å²) in [6, 6.07) is 45.7. The molecule has 514 valence electrons. The third kappa shape index (κ3) is 17.1. The Morgan fingerprint density at radius 1 is 0.510 bits per heavy atom. The molecule has 4 aromatic carbocycles. The van der Waals surface area contributed by atoms with Gasteiger partial charge in [-0.1, -0.05) is 96.5 Å². The number of nitrogens with two attached hydrogens (primary N) is 2. The van der Waals surface area contributed by atoms with Gasteiger partial charge in [-0.15, -0.1) is 25.6 Å². The number of aromatic hydroxyl groups is 2. The average molecular weight is 1360 g/mol. The van der Waals surface area contributed by atoms with Crippen LogP contribution in [0.5, 0.6) is 23.3 Å². The molecule has 0 spiro atoms. The van der Waals surface area contributed by atoms with Gasteiger partial charge < -0.3 is 70.0 Å². The SMILES string of the molecule is Nc1nnc(-c2ccccc2O)cc1N1CC2CCC(C1)N2c1ccnc(OCCN2CCN(C(=O)OCc3ccccc3)CC2)c1.Nc1nnc(Cl)cc1N1CC2CCC(C1)N2c1ccnc(OCCN2CCN(C(=O)OCc3ccccc3)CC2)c1.Oc1ccccc1N(O)O. The number of halogens is 1. The number of amides is 2. The molecule has 27 nitrogen and oxygen atoms in total. The van der Waals surface area contributed by atoms with Crippen molar-refractivity contribution in [3.05, 3.63) is 174 Å². The average Bonchev–Trinajstić information content (AvgIpc) is 1.58. The first-order chi connectivity index (χ1) is 47.8. The Morgan fingerprint density at radius 3 is 1.39 bits per heavy atom. The molecule has 4 aromatic heterocycles. The number of pyridine rings is 2. The van der Waals surface area contributed by atoms with Gasteiger partial charge in [0.1, 0.15) is 43.6 Å². The summed E-state index contributed by atoms with van der Waals surface area (Å²) in [7, 11) is 0. The minimum atomic E-state index is -0.265. The van der Waals surface area contributed by atoms with Gasteiger partial charge in [0.25, 0.3) is 0 Å². The lowest BCUT2D eigenvalue weighted by Gasteiger charge is -2.43. The number of nitrogen functional groups attached to an aromatic ring is 2. The number of para-hydroxylation sites is 3. The van der Waals surface area contributed by atoms with Crippen LogP contribution >= 0.6 is 11.6 Å². The van der Waals surface area contributed by atoms with Crippen LogP contribution < -0.4 is 45.8 Å². The van der Waals surface area contributed by atoms with Crippen LogP contribution in [0.4, 0.5) is 49.7 Å². The predicted octanol–water partition coefficient (Wildman–Crippen LogP) is 8.29. The number of piperazine rings is 4. The van der Waals surface area contributed by atoms with Gasteiger partial charge in [-0.25, -0.2) is 19.6 Å². The van der Waals surface area contributed by atoms with Crippen molar-refractivity contribution in [2.45, 2.75) is 63.1 Å². The number of carbonyl (C=O) groups excluding carboxylic acids is 2. The highest BCUT2D eigenvalue weighted by Gasteiger charge is 2.43. The first kappa shape index (κ1) is 67.8. The summed E-state index contributed by atoms with van der Waals surface area (Å²) in [6.45, 7) is 12.1. The second-order valence-corrected chi connectivity index (χ2v) is 25.2. The number of rotatable bonds is 18. The quantitative estimate of drug-likeness (QED) is 0.0440. The van der Waals surface area contributed by atoms with E-state index in [2.05, 4.69) is 71.9 Å². The number of carbonyl (C=O) groups is 2. The molecular weight excluding hydrogens is 1270 g/mol. The Kier molecular flexibility index (Phi) is 22.3. The minimum Gasteiger partial charge on any atom is -0.507 e. The van der Waals surface area contributed by atoms with Gasteiger partial charge in [0.05, 0.1) is 17.1 Å². The first-order valence-electron chi connectivity index (χ1n) is 33.0. The third-order valence-corrected chi connectivity index (χ3v) is 18.7. The Labute approximate surface area is 573 Å². The monoisotopic (exact) mass is 1360 g/mol. The molecule has 4 unspecified atom stereocenters. The number of anilines is 7. The number of benzene rings is 4. The van der Waals surface area contributed by atoms with Gasteiger partial charge in [-0.2, -0.15) is 0 Å². The van der Waals surface area contributed by atoms with Gasteiger partial charge in [0.2, 0.25) is 11.8 Å². The summed E-state index contributed by atoms with van der Waals surface area (Å²) in [4.78, 5) is 51.6. The standard InChI is InChI=1S/C35H40N8O4.C29H35ClN8O3.C6H7NO3/c36-34-31(21-30(38-39-34)29-8-4-5-9-32(29)44)42-22-27-10-11-28(23-42)43(27)26-12-13-37-33(20-26)46-19-18-40-14-16-41(17-15-40)35(45)47-24-25-6-2-1-3-7-25;30-26-17-25(28(31)34-33-26)37-18-23-6-7-24(19-37)38(23)22-8-9-32-27(16-22)40-15-14-35-10-12-36(13-11-35)29(39)41-20-21-4-2-1-3-5-21;8-6-4-2-1-3-5(6)7(9)10/h1-9,12-13,20-21,27-28,44H,10-11,14-19,22-24H2,(H2,36,39);1-5,8-9,16-17,23-24H,6-7,10-15,18-20H2,(H2,31,34);1-4,8-10H. The molecule has 98 heavy (non-hydrogen) atoms. The van der Waals surface area contributed by atoms with Gasteiger partial charge in [0, 0.05) is 163 Å². The molecule has 4 bridgehead atoms. The number of hydrogen-bond donors (Lipinski definition) is 6. The van der Waals surface area contributed by atoms with Crippen LogP contribution in [0.1, 0.15) is 36.8 Å². The minimum absolute atomic E-state index is 0.0394. The molecule has 28 heteroatoms. The van der Waals surface area contributed by atoms with Crippen LogP contribution in [0.25, 0.3) is 11.3 Å². The molecule has 6 saturated heterocycles. The second kappa shape index (κ2) is 32.2. The van der Waals surface area contributed by atoms with E-state index in [-0.39, 0.29) is 41.2 Å². The highest BCUT2D eigenvalue weighted by molar-refractivity contribution is 6.29. The number of fused-ring (bicyclic) bond motifs is 4. The molecule has 6 fully saturated rings. The van der Waals surface area contributed by atoms with E-state index >= 15 is 0 Å². The van der Waals surface area contributed by atoms with E-state index in [0.29, 0.717) is 110 Å². The van der Waals surface area contributed by atoms with E-state index in [0.717, 1.165) is 125 Å². The third-order valence-electron chi connectivity index (χ3n) is 18.5. The highest BCUT2D eigenvalue weighted by atomic mass is 35.5. The molecule has 8 N–H and O–H groups in total. The van der Waals surface area contributed by atoms with E-state index in [4.69, 9.17) is 57.5 Å². The summed E-state index contributed by atoms with van der Waals surface area (Å²) >= 11 is 6.10. The summed E-state index contributed by atoms with van der Waals surface area (Å²) in [6.07, 6.45) is 7.49. The normalized spacial score (nSPS) is 19.0. The van der Waals surface area contributed by atoms with Crippen molar-refractivity contribution < 1.29 is 49.2 Å². The first-order valence-corrected chi connectivity index (χ1v) is 33.4. The molecule has 8 aromatic rings. The lowest BCUT2D eigenvalue weighted by molar-refractivity contribution is 0.0279. The van der Waals surface area contributed by atoms with Crippen molar-refractivity contribution in [1.29, 1.82) is 0 Å². The van der Waals surface area contributed by atoms with E-state index in [1.807, 2.05) is 103 Å². The van der Waals surface area contributed by atoms with Crippen molar-refractivity contribution in [2.75, 3.05) is 141 Å². The zero-order chi connectivity index (χ0) is 67.9. The van der Waals surface area contributed by atoms with Crippen molar-refractivity contribution in [2.24, 2.45) is 0 Å². The fourth-order valence-electron chi connectivity index (χ4n) is 13.5. The molecule has 14 rings (SSSR count). The number of ether oxygens (including phenoxy) is 4. The largest absolute Gasteiger partial charge is 0.507 e. The van der Waals surface area contributed by atoms with E-state index in [9.17, 15) is 14.7 Å². The summed E-state index contributed by atoms with van der Waals surface area (Å²) in [5.74, 6) is 2.03. The summed E-state index contributed by atoms with van der Waals surface area (Å²) in [5, 5.41) is 52.7. The number of aromatic nitrogens is 6.